The molecular formula is C14H24N2O2. The third kappa shape index (κ3) is 3.86. The monoisotopic (exact) mass is 252 g/mol. The first-order chi connectivity index (χ1) is 8.60. The number of carbonyl (C=O) groups is 2. The van der Waals surface area contributed by atoms with Crippen molar-refractivity contribution in [2.45, 2.75) is 46.1 Å². The summed E-state index contributed by atoms with van der Waals surface area (Å²) in [6, 6.07) is -0.351. The number of rotatable bonds is 5. The lowest BCUT2D eigenvalue weighted by Crippen LogP contribution is -2.48. The molecule has 102 valence electrons. The van der Waals surface area contributed by atoms with E-state index in [1.807, 2.05) is 37.8 Å². The highest BCUT2D eigenvalue weighted by Gasteiger charge is 2.32. The first-order valence-corrected chi connectivity index (χ1v) is 6.79. The van der Waals surface area contributed by atoms with E-state index in [0.717, 1.165) is 12.8 Å². The SMILES string of the molecule is C/C=C/CCN1CCC(=O)NC(C(C)CC)C1=O. The second kappa shape index (κ2) is 7.19. The standard InChI is InChI=1S/C14H24N2O2/c1-4-6-7-9-16-10-8-12(17)15-13(14(16)18)11(3)5-2/h4,6,11,13H,5,7-10H2,1-3H3,(H,15,17)/b6-4+. The summed E-state index contributed by atoms with van der Waals surface area (Å²) >= 11 is 0. The topological polar surface area (TPSA) is 49.4 Å². The van der Waals surface area contributed by atoms with Gasteiger partial charge in [0.2, 0.25) is 11.8 Å². The molecule has 0 aromatic carbocycles. The minimum absolute atomic E-state index is 0.0119. The van der Waals surface area contributed by atoms with Gasteiger partial charge in [-0.2, -0.15) is 0 Å². The molecule has 1 heterocycles. The predicted octanol–water partition coefficient (Wildman–Crippen LogP) is 1.72. The number of allylic oxidation sites excluding steroid dienone is 1. The maximum atomic E-state index is 12.4. The van der Waals surface area contributed by atoms with Crippen molar-refractivity contribution in [2.75, 3.05) is 13.1 Å². The molecular weight excluding hydrogens is 228 g/mol. The summed E-state index contributed by atoms with van der Waals surface area (Å²) in [5.41, 5.74) is 0. The van der Waals surface area contributed by atoms with Gasteiger partial charge in [0.05, 0.1) is 0 Å². The highest BCUT2D eigenvalue weighted by molar-refractivity contribution is 5.90. The molecule has 0 spiro atoms. The van der Waals surface area contributed by atoms with E-state index >= 15 is 0 Å². The summed E-state index contributed by atoms with van der Waals surface area (Å²) in [5.74, 6) is 0.241. The van der Waals surface area contributed by atoms with E-state index in [1.54, 1.807) is 0 Å². The Balaban J connectivity index is 2.72. The van der Waals surface area contributed by atoms with Crippen molar-refractivity contribution in [3.05, 3.63) is 12.2 Å². The molecule has 0 bridgehead atoms. The quantitative estimate of drug-likeness (QED) is 0.757. The van der Waals surface area contributed by atoms with Gasteiger partial charge in [0.25, 0.3) is 0 Å². The van der Waals surface area contributed by atoms with E-state index in [-0.39, 0.29) is 23.8 Å². The normalized spacial score (nSPS) is 23.1. The second-order valence-corrected chi connectivity index (χ2v) is 4.86. The summed E-state index contributed by atoms with van der Waals surface area (Å²) in [6.45, 7) is 7.26. The van der Waals surface area contributed by atoms with Crippen LogP contribution in [-0.2, 0) is 9.59 Å². The van der Waals surface area contributed by atoms with E-state index < -0.39 is 0 Å². The molecule has 4 heteroatoms. The van der Waals surface area contributed by atoms with Gasteiger partial charge in [0.15, 0.2) is 0 Å². The van der Waals surface area contributed by atoms with Gasteiger partial charge in [-0.25, -0.2) is 0 Å². The van der Waals surface area contributed by atoms with E-state index in [1.165, 1.54) is 0 Å². The zero-order chi connectivity index (χ0) is 13.5. The van der Waals surface area contributed by atoms with Crippen LogP contribution in [0, 0.1) is 5.92 Å². The molecule has 1 aliphatic rings. The van der Waals surface area contributed by atoms with Gasteiger partial charge in [-0.15, -0.1) is 0 Å². The van der Waals surface area contributed by atoms with Crippen LogP contribution in [0.5, 0.6) is 0 Å². The lowest BCUT2D eigenvalue weighted by molar-refractivity contribution is -0.134. The van der Waals surface area contributed by atoms with E-state index in [9.17, 15) is 9.59 Å². The molecule has 0 saturated carbocycles. The maximum Gasteiger partial charge on any atom is 0.245 e. The molecule has 0 aliphatic carbocycles. The zero-order valence-electron chi connectivity index (χ0n) is 11.6. The average molecular weight is 252 g/mol. The van der Waals surface area contributed by atoms with Crippen molar-refractivity contribution in [3.8, 4) is 0 Å². The van der Waals surface area contributed by atoms with Crippen LogP contribution in [0.25, 0.3) is 0 Å². The molecule has 1 N–H and O–H groups in total. The van der Waals surface area contributed by atoms with Crippen LogP contribution in [0.4, 0.5) is 0 Å². The number of hydrogen-bond donors (Lipinski definition) is 1. The van der Waals surface area contributed by atoms with Crippen LogP contribution in [0.2, 0.25) is 0 Å². The molecule has 2 unspecified atom stereocenters. The van der Waals surface area contributed by atoms with E-state index in [0.29, 0.717) is 19.5 Å². The van der Waals surface area contributed by atoms with E-state index in [2.05, 4.69) is 5.32 Å². The van der Waals surface area contributed by atoms with Gasteiger partial charge in [-0.1, -0.05) is 32.4 Å². The third-order valence-corrected chi connectivity index (χ3v) is 3.52. The van der Waals surface area contributed by atoms with Gasteiger partial charge >= 0.3 is 0 Å². The Hall–Kier alpha value is -1.32. The molecule has 1 aliphatic heterocycles. The Kier molecular flexibility index (Phi) is 5.89. The first kappa shape index (κ1) is 14.7. The molecule has 1 fully saturated rings. The highest BCUT2D eigenvalue weighted by Crippen LogP contribution is 2.14. The van der Waals surface area contributed by atoms with Crippen LogP contribution < -0.4 is 5.32 Å². The van der Waals surface area contributed by atoms with Crippen LogP contribution in [0.15, 0.2) is 12.2 Å². The summed E-state index contributed by atoms with van der Waals surface area (Å²) in [7, 11) is 0. The maximum absolute atomic E-state index is 12.4. The molecule has 4 nitrogen and oxygen atoms in total. The van der Waals surface area contributed by atoms with E-state index in [4.69, 9.17) is 0 Å². The summed E-state index contributed by atoms with van der Waals surface area (Å²) in [5, 5.41) is 2.85. The zero-order valence-corrected chi connectivity index (χ0v) is 11.6. The van der Waals surface area contributed by atoms with Crippen molar-refractivity contribution >= 4 is 11.8 Å². The smallest absolute Gasteiger partial charge is 0.245 e. The first-order valence-electron chi connectivity index (χ1n) is 6.79. The molecule has 2 amide bonds. The molecule has 18 heavy (non-hydrogen) atoms. The highest BCUT2D eigenvalue weighted by atomic mass is 16.2. The van der Waals surface area contributed by atoms with Crippen LogP contribution in [0.1, 0.15) is 40.0 Å². The van der Waals surface area contributed by atoms with Crippen LogP contribution in [0.3, 0.4) is 0 Å². The Bertz CT molecular complexity index is 326. The fourth-order valence-corrected chi connectivity index (χ4v) is 2.09. The van der Waals surface area contributed by atoms with Gasteiger partial charge in [0, 0.05) is 19.5 Å². The van der Waals surface area contributed by atoms with Gasteiger partial charge < -0.3 is 10.2 Å². The molecule has 1 rings (SSSR count). The number of nitrogens with one attached hydrogen (secondary N) is 1. The lowest BCUT2D eigenvalue weighted by atomic mass is 9.98. The third-order valence-electron chi connectivity index (χ3n) is 3.52. The fraction of sp³-hybridized carbons (Fsp3) is 0.714. The Morgan fingerprint density at radius 1 is 1.50 bits per heavy atom. The number of carbonyl (C=O) groups excluding carboxylic acids is 2. The molecule has 2 atom stereocenters. The average Bonchev–Trinajstić information content (AvgIpc) is 2.50. The number of nitrogens with zero attached hydrogens (tertiary/aromatic N) is 1. The summed E-state index contributed by atoms with van der Waals surface area (Å²) < 4.78 is 0. The minimum atomic E-state index is -0.351. The Labute approximate surface area is 109 Å². The summed E-state index contributed by atoms with van der Waals surface area (Å²) in [6.07, 6.45) is 6.18. The summed E-state index contributed by atoms with van der Waals surface area (Å²) in [4.78, 5) is 25.8. The van der Waals surface area contributed by atoms with Crippen molar-refractivity contribution in [3.63, 3.8) is 0 Å². The minimum Gasteiger partial charge on any atom is -0.344 e. The Morgan fingerprint density at radius 2 is 2.22 bits per heavy atom. The molecule has 0 aromatic rings. The Morgan fingerprint density at radius 3 is 2.83 bits per heavy atom. The van der Waals surface area contributed by atoms with Crippen molar-refractivity contribution in [1.29, 1.82) is 0 Å². The second-order valence-electron chi connectivity index (χ2n) is 4.86. The fourth-order valence-electron chi connectivity index (χ4n) is 2.09. The van der Waals surface area contributed by atoms with Crippen LogP contribution in [-0.4, -0.2) is 35.8 Å². The predicted molar refractivity (Wildman–Crippen MR) is 72.0 cm³/mol. The van der Waals surface area contributed by atoms with Crippen molar-refractivity contribution in [2.24, 2.45) is 5.92 Å². The lowest BCUT2D eigenvalue weighted by Gasteiger charge is -2.26. The van der Waals surface area contributed by atoms with Gasteiger partial charge in [-0.05, 0) is 19.3 Å². The van der Waals surface area contributed by atoms with Gasteiger partial charge in [0.1, 0.15) is 6.04 Å². The van der Waals surface area contributed by atoms with Gasteiger partial charge in [-0.3, -0.25) is 9.59 Å². The largest absolute Gasteiger partial charge is 0.344 e. The molecule has 0 aromatic heterocycles. The molecule has 1 saturated heterocycles. The number of hydrogen-bond acceptors (Lipinski definition) is 2. The van der Waals surface area contributed by atoms with Crippen molar-refractivity contribution < 1.29 is 9.59 Å². The van der Waals surface area contributed by atoms with Crippen LogP contribution >= 0.6 is 0 Å². The number of amides is 2. The van der Waals surface area contributed by atoms with Crippen molar-refractivity contribution in [1.82, 2.24) is 10.2 Å². The molecule has 0 radical (unpaired) electrons.